The predicted molar refractivity (Wildman–Crippen MR) is 78.4 cm³/mol. The molecule has 0 aromatic carbocycles. The van der Waals surface area contributed by atoms with Gasteiger partial charge in [0.2, 0.25) is 11.8 Å². The number of rotatable bonds is 8. The molecule has 0 spiro atoms. The van der Waals surface area contributed by atoms with Gasteiger partial charge in [-0.3, -0.25) is 15.5 Å². The first-order valence-electron chi connectivity index (χ1n) is 6.69. The highest BCUT2D eigenvalue weighted by molar-refractivity contribution is 5.60. The third-order valence-corrected chi connectivity index (χ3v) is 2.87. The lowest BCUT2D eigenvalue weighted by atomic mass is 10.1. The maximum atomic E-state index is 11.1. The van der Waals surface area contributed by atoms with Crippen molar-refractivity contribution in [2.24, 2.45) is 11.8 Å². The maximum Gasteiger partial charge on any atom is 0.332 e. The molecule has 1 rings (SSSR count). The minimum atomic E-state index is -0.480. The van der Waals surface area contributed by atoms with E-state index in [4.69, 9.17) is 5.84 Å². The zero-order valence-corrected chi connectivity index (χ0v) is 12.1. The average Bonchev–Trinajstić information content (AvgIpc) is 2.36. The van der Waals surface area contributed by atoms with Crippen molar-refractivity contribution in [3.05, 3.63) is 15.8 Å². The predicted octanol–water partition coefficient (Wildman–Crippen LogP) is 2.22. The second-order valence-corrected chi connectivity index (χ2v) is 5.05. The number of hydrogen-bond acceptors (Lipinski definition) is 7. The Labute approximate surface area is 118 Å². The maximum absolute atomic E-state index is 11.1. The molecule has 8 nitrogen and oxygen atoms in total. The molecule has 0 aliphatic rings. The first kappa shape index (κ1) is 16.1. The molecule has 20 heavy (non-hydrogen) atoms. The van der Waals surface area contributed by atoms with E-state index < -0.39 is 4.92 Å². The molecular weight excluding hydrogens is 260 g/mol. The number of nitrogens with zero attached hydrogens (tertiary/aromatic N) is 3. The summed E-state index contributed by atoms with van der Waals surface area (Å²) in [6.45, 7) is 6.54. The number of hydrazine groups is 1. The van der Waals surface area contributed by atoms with Gasteiger partial charge in [0.1, 0.15) is 5.69 Å². The SMILES string of the molecule is Cc1nc(NN)nc(NCCCCC(C)C)c1[N+](=O)[O-]. The van der Waals surface area contributed by atoms with Crippen molar-refractivity contribution >= 4 is 17.5 Å². The van der Waals surface area contributed by atoms with Crippen LogP contribution in [0.3, 0.4) is 0 Å². The Morgan fingerprint density at radius 3 is 2.60 bits per heavy atom. The van der Waals surface area contributed by atoms with Gasteiger partial charge in [0, 0.05) is 6.54 Å². The van der Waals surface area contributed by atoms with E-state index in [0.717, 1.165) is 19.3 Å². The summed E-state index contributed by atoms with van der Waals surface area (Å²) in [4.78, 5) is 18.5. The smallest absolute Gasteiger partial charge is 0.332 e. The molecule has 0 radical (unpaired) electrons. The van der Waals surface area contributed by atoms with Gasteiger partial charge in [0.15, 0.2) is 0 Å². The lowest BCUT2D eigenvalue weighted by molar-refractivity contribution is -0.385. The Bertz CT molecular complexity index is 464. The number of hydrogen-bond donors (Lipinski definition) is 3. The Morgan fingerprint density at radius 1 is 1.35 bits per heavy atom. The molecule has 8 heteroatoms. The second kappa shape index (κ2) is 7.59. The van der Waals surface area contributed by atoms with Gasteiger partial charge in [0.05, 0.1) is 4.92 Å². The van der Waals surface area contributed by atoms with Crippen LogP contribution in [0.5, 0.6) is 0 Å². The minimum Gasteiger partial charge on any atom is -0.364 e. The third kappa shape index (κ3) is 4.61. The van der Waals surface area contributed by atoms with Crippen LogP contribution in [0.15, 0.2) is 0 Å². The van der Waals surface area contributed by atoms with Crippen LogP contribution in [0.4, 0.5) is 17.5 Å². The topological polar surface area (TPSA) is 119 Å². The highest BCUT2D eigenvalue weighted by Crippen LogP contribution is 2.26. The van der Waals surface area contributed by atoms with Crippen molar-refractivity contribution in [2.45, 2.75) is 40.0 Å². The van der Waals surface area contributed by atoms with Gasteiger partial charge in [-0.1, -0.05) is 26.7 Å². The molecule has 0 atom stereocenters. The van der Waals surface area contributed by atoms with E-state index in [1.807, 2.05) is 0 Å². The number of nitro groups is 1. The Kier molecular flexibility index (Phi) is 6.10. The van der Waals surface area contributed by atoms with Crippen molar-refractivity contribution in [3.63, 3.8) is 0 Å². The van der Waals surface area contributed by atoms with Gasteiger partial charge >= 0.3 is 5.69 Å². The van der Waals surface area contributed by atoms with Gasteiger partial charge in [-0.15, -0.1) is 0 Å². The summed E-state index contributed by atoms with van der Waals surface area (Å²) >= 11 is 0. The summed E-state index contributed by atoms with van der Waals surface area (Å²) in [5, 5.41) is 14.0. The van der Waals surface area contributed by atoms with Crippen LogP contribution < -0.4 is 16.6 Å². The molecule has 0 saturated carbocycles. The van der Waals surface area contributed by atoms with E-state index in [-0.39, 0.29) is 23.1 Å². The van der Waals surface area contributed by atoms with Gasteiger partial charge in [-0.05, 0) is 19.3 Å². The molecule has 0 aliphatic heterocycles. The second-order valence-electron chi connectivity index (χ2n) is 5.05. The number of nitrogens with one attached hydrogen (secondary N) is 2. The first-order valence-corrected chi connectivity index (χ1v) is 6.69. The third-order valence-electron chi connectivity index (χ3n) is 2.87. The zero-order chi connectivity index (χ0) is 15.1. The fraction of sp³-hybridized carbons (Fsp3) is 0.667. The van der Waals surface area contributed by atoms with Crippen molar-refractivity contribution < 1.29 is 4.92 Å². The highest BCUT2D eigenvalue weighted by Gasteiger charge is 2.21. The van der Waals surface area contributed by atoms with E-state index in [9.17, 15) is 10.1 Å². The Morgan fingerprint density at radius 2 is 2.05 bits per heavy atom. The molecule has 0 saturated heterocycles. The van der Waals surface area contributed by atoms with Crippen LogP contribution in [0.2, 0.25) is 0 Å². The van der Waals surface area contributed by atoms with Gasteiger partial charge in [0.25, 0.3) is 0 Å². The molecule has 0 amide bonds. The fourth-order valence-corrected chi connectivity index (χ4v) is 1.86. The Balaban J connectivity index is 2.72. The molecule has 0 unspecified atom stereocenters. The van der Waals surface area contributed by atoms with Crippen molar-refractivity contribution in [2.75, 3.05) is 17.3 Å². The van der Waals surface area contributed by atoms with Gasteiger partial charge in [-0.25, -0.2) is 10.8 Å². The molecule has 1 aromatic rings. The molecule has 4 N–H and O–H groups in total. The number of unbranched alkanes of at least 4 members (excludes halogenated alkanes) is 1. The van der Waals surface area contributed by atoms with Crippen LogP contribution in [-0.2, 0) is 0 Å². The van der Waals surface area contributed by atoms with Crippen molar-refractivity contribution in [1.82, 2.24) is 9.97 Å². The summed E-state index contributed by atoms with van der Waals surface area (Å²) < 4.78 is 0. The molecule has 1 aromatic heterocycles. The average molecular weight is 282 g/mol. The monoisotopic (exact) mass is 282 g/mol. The number of anilines is 2. The molecule has 0 aliphatic carbocycles. The molecular formula is C12H22N6O2. The lowest BCUT2D eigenvalue weighted by Gasteiger charge is -2.09. The zero-order valence-electron chi connectivity index (χ0n) is 12.1. The fourth-order valence-electron chi connectivity index (χ4n) is 1.86. The van der Waals surface area contributed by atoms with E-state index in [1.54, 1.807) is 6.92 Å². The lowest BCUT2D eigenvalue weighted by Crippen LogP contribution is -2.15. The number of aromatic nitrogens is 2. The van der Waals surface area contributed by atoms with Crippen LogP contribution in [0.1, 0.15) is 38.8 Å². The number of nitrogen functional groups attached to an aromatic ring is 1. The van der Waals surface area contributed by atoms with Gasteiger partial charge < -0.3 is 5.32 Å². The summed E-state index contributed by atoms with van der Waals surface area (Å²) in [7, 11) is 0. The van der Waals surface area contributed by atoms with E-state index in [2.05, 4.69) is 34.6 Å². The van der Waals surface area contributed by atoms with Crippen LogP contribution >= 0.6 is 0 Å². The first-order chi connectivity index (χ1) is 9.45. The van der Waals surface area contributed by atoms with Crippen molar-refractivity contribution in [1.29, 1.82) is 0 Å². The normalized spacial score (nSPS) is 10.7. The summed E-state index contributed by atoms with van der Waals surface area (Å²) in [5.41, 5.74) is 2.48. The standard InChI is InChI=1S/C12H22N6O2/c1-8(2)6-4-5-7-14-11-10(18(19)20)9(3)15-12(16-11)17-13/h8H,4-7,13H2,1-3H3,(H2,14,15,16,17). The quantitative estimate of drug-likeness (QED) is 0.289. The Hall–Kier alpha value is -1.96. The summed E-state index contributed by atoms with van der Waals surface area (Å²) in [6.07, 6.45) is 3.15. The number of aryl methyl sites for hydroxylation is 1. The molecule has 112 valence electrons. The van der Waals surface area contributed by atoms with Crippen LogP contribution in [-0.4, -0.2) is 21.4 Å². The molecule has 0 bridgehead atoms. The number of nitrogens with two attached hydrogens (primary N) is 1. The summed E-state index contributed by atoms with van der Waals surface area (Å²) in [6, 6.07) is 0. The van der Waals surface area contributed by atoms with Crippen molar-refractivity contribution in [3.8, 4) is 0 Å². The molecule has 0 fully saturated rings. The largest absolute Gasteiger partial charge is 0.364 e. The van der Waals surface area contributed by atoms with E-state index in [0.29, 0.717) is 12.5 Å². The highest BCUT2D eigenvalue weighted by atomic mass is 16.6. The minimum absolute atomic E-state index is 0.104. The summed E-state index contributed by atoms with van der Waals surface area (Å²) in [5.74, 6) is 6.29. The van der Waals surface area contributed by atoms with Crippen LogP contribution in [0.25, 0.3) is 0 Å². The van der Waals surface area contributed by atoms with E-state index >= 15 is 0 Å². The van der Waals surface area contributed by atoms with Crippen LogP contribution in [0, 0.1) is 23.0 Å². The van der Waals surface area contributed by atoms with E-state index in [1.165, 1.54) is 0 Å². The van der Waals surface area contributed by atoms with Gasteiger partial charge in [-0.2, -0.15) is 4.98 Å². The molecule has 1 heterocycles.